The first-order chi connectivity index (χ1) is 9.75. The summed E-state index contributed by atoms with van der Waals surface area (Å²) in [6.07, 6.45) is 5.72. The molecule has 1 aromatic heterocycles. The van der Waals surface area contributed by atoms with Crippen molar-refractivity contribution in [2.45, 2.75) is 38.3 Å². The fraction of sp³-hybridized carbons (Fsp3) is 0.688. The average molecular weight is 277 g/mol. The van der Waals surface area contributed by atoms with E-state index >= 15 is 0 Å². The first-order valence-corrected chi connectivity index (χ1v) is 7.68. The topological polar surface area (TPSA) is 37.4 Å². The highest BCUT2D eigenvalue weighted by molar-refractivity contribution is 5.03. The number of nitrogens with one attached hydrogen (secondary N) is 1. The Balaban J connectivity index is 1.60. The second kappa shape index (κ2) is 8.35. The number of likely N-dealkylation sites (N-methyl/N-ethyl adjacent to an activating group) is 1. The standard InChI is InChI=1S/C16H27N3O/c1-14(12-17-13-16-7-5-11-20-16)19(2)10-8-15-6-3-4-9-18-15/h3-4,6,9,14,16-17H,5,7-8,10-13H2,1-2H3. The third-order valence-corrected chi connectivity index (χ3v) is 4.03. The van der Waals surface area contributed by atoms with Crippen LogP contribution in [0.4, 0.5) is 0 Å². The number of nitrogens with zero attached hydrogens (tertiary/aromatic N) is 2. The Morgan fingerprint density at radius 1 is 1.50 bits per heavy atom. The maximum Gasteiger partial charge on any atom is 0.0700 e. The number of hydrogen-bond acceptors (Lipinski definition) is 4. The number of rotatable bonds is 8. The molecule has 1 N–H and O–H groups in total. The lowest BCUT2D eigenvalue weighted by molar-refractivity contribution is 0.108. The minimum atomic E-state index is 0.432. The molecule has 0 saturated carbocycles. The number of ether oxygens (including phenoxy) is 1. The Morgan fingerprint density at radius 3 is 3.10 bits per heavy atom. The van der Waals surface area contributed by atoms with Gasteiger partial charge < -0.3 is 15.0 Å². The smallest absolute Gasteiger partial charge is 0.0700 e. The van der Waals surface area contributed by atoms with Crippen molar-refractivity contribution in [2.75, 3.05) is 33.3 Å². The van der Waals surface area contributed by atoms with Crippen LogP contribution in [0.5, 0.6) is 0 Å². The molecule has 1 saturated heterocycles. The molecule has 2 heterocycles. The Labute approximate surface area is 122 Å². The van der Waals surface area contributed by atoms with Gasteiger partial charge in [-0.1, -0.05) is 6.07 Å². The van der Waals surface area contributed by atoms with Crippen LogP contribution >= 0.6 is 0 Å². The van der Waals surface area contributed by atoms with Gasteiger partial charge in [-0.05, 0) is 38.9 Å². The molecule has 1 aliphatic rings. The maximum atomic E-state index is 5.62. The summed E-state index contributed by atoms with van der Waals surface area (Å²) in [6.45, 7) is 6.24. The van der Waals surface area contributed by atoms with Crippen molar-refractivity contribution in [3.8, 4) is 0 Å². The molecule has 20 heavy (non-hydrogen) atoms. The second-order valence-electron chi connectivity index (χ2n) is 5.69. The molecule has 0 aliphatic carbocycles. The van der Waals surface area contributed by atoms with Gasteiger partial charge in [0, 0.05) is 50.6 Å². The third kappa shape index (κ3) is 5.19. The number of aromatic nitrogens is 1. The van der Waals surface area contributed by atoms with Crippen molar-refractivity contribution in [3.63, 3.8) is 0 Å². The van der Waals surface area contributed by atoms with Crippen molar-refractivity contribution in [3.05, 3.63) is 30.1 Å². The van der Waals surface area contributed by atoms with E-state index in [0.29, 0.717) is 12.1 Å². The molecule has 1 aromatic rings. The van der Waals surface area contributed by atoms with E-state index in [1.165, 1.54) is 18.5 Å². The van der Waals surface area contributed by atoms with E-state index in [2.05, 4.69) is 41.3 Å². The van der Waals surface area contributed by atoms with Crippen molar-refractivity contribution in [2.24, 2.45) is 0 Å². The quantitative estimate of drug-likeness (QED) is 0.785. The lowest BCUT2D eigenvalue weighted by atomic mass is 10.2. The van der Waals surface area contributed by atoms with Gasteiger partial charge in [0.1, 0.15) is 0 Å². The van der Waals surface area contributed by atoms with E-state index in [1.54, 1.807) is 0 Å². The number of hydrogen-bond donors (Lipinski definition) is 1. The Morgan fingerprint density at radius 2 is 2.40 bits per heavy atom. The monoisotopic (exact) mass is 277 g/mol. The first-order valence-electron chi connectivity index (χ1n) is 7.68. The van der Waals surface area contributed by atoms with Crippen molar-refractivity contribution < 1.29 is 4.74 Å². The average Bonchev–Trinajstić information content (AvgIpc) is 2.99. The molecular formula is C16H27N3O. The highest BCUT2D eigenvalue weighted by Crippen LogP contribution is 2.10. The molecule has 1 fully saturated rings. The Bertz CT molecular complexity index is 365. The molecule has 2 atom stereocenters. The molecule has 0 spiro atoms. The highest BCUT2D eigenvalue weighted by Gasteiger charge is 2.15. The molecule has 0 aromatic carbocycles. The fourth-order valence-electron chi connectivity index (χ4n) is 2.47. The summed E-state index contributed by atoms with van der Waals surface area (Å²) in [5.74, 6) is 0. The van der Waals surface area contributed by atoms with E-state index in [4.69, 9.17) is 4.74 Å². The molecule has 0 bridgehead atoms. The van der Waals surface area contributed by atoms with Gasteiger partial charge >= 0.3 is 0 Å². The number of pyridine rings is 1. The van der Waals surface area contributed by atoms with Gasteiger partial charge in [0.25, 0.3) is 0 Å². The summed E-state index contributed by atoms with van der Waals surface area (Å²) >= 11 is 0. The molecule has 1 aliphatic heterocycles. The van der Waals surface area contributed by atoms with E-state index < -0.39 is 0 Å². The summed E-state index contributed by atoms with van der Waals surface area (Å²) in [5.41, 5.74) is 1.17. The molecule has 2 unspecified atom stereocenters. The highest BCUT2D eigenvalue weighted by atomic mass is 16.5. The molecule has 2 rings (SSSR count). The van der Waals surface area contributed by atoms with E-state index in [1.807, 2.05) is 12.3 Å². The van der Waals surface area contributed by atoms with Crippen LogP contribution in [-0.2, 0) is 11.2 Å². The van der Waals surface area contributed by atoms with Crippen LogP contribution in [0, 0.1) is 0 Å². The van der Waals surface area contributed by atoms with Gasteiger partial charge in [-0.25, -0.2) is 0 Å². The van der Waals surface area contributed by atoms with E-state index in [0.717, 1.165) is 32.7 Å². The molecule has 0 radical (unpaired) electrons. The van der Waals surface area contributed by atoms with Crippen molar-refractivity contribution in [1.29, 1.82) is 0 Å². The van der Waals surface area contributed by atoms with Crippen LogP contribution in [0.15, 0.2) is 24.4 Å². The van der Waals surface area contributed by atoms with E-state index in [9.17, 15) is 0 Å². The summed E-state index contributed by atoms with van der Waals surface area (Å²) in [4.78, 5) is 6.75. The zero-order chi connectivity index (χ0) is 14.2. The fourth-order valence-corrected chi connectivity index (χ4v) is 2.47. The molecule has 0 amide bonds. The first kappa shape index (κ1) is 15.4. The zero-order valence-corrected chi connectivity index (χ0v) is 12.7. The van der Waals surface area contributed by atoms with Crippen LogP contribution in [-0.4, -0.2) is 55.3 Å². The minimum Gasteiger partial charge on any atom is -0.377 e. The predicted molar refractivity (Wildman–Crippen MR) is 81.9 cm³/mol. The Hall–Kier alpha value is -0.970. The summed E-state index contributed by atoms with van der Waals surface area (Å²) in [6, 6.07) is 6.63. The zero-order valence-electron chi connectivity index (χ0n) is 12.7. The lowest BCUT2D eigenvalue weighted by Crippen LogP contribution is -2.41. The predicted octanol–water partition coefficient (Wildman–Crippen LogP) is 1.71. The maximum absolute atomic E-state index is 5.62. The van der Waals surface area contributed by atoms with Gasteiger partial charge in [-0.3, -0.25) is 4.98 Å². The summed E-state index contributed by atoms with van der Waals surface area (Å²) in [7, 11) is 2.18. The van der Waals surface area contributed by atoms with Crippen LogP contribution in [0.25, 0.3) is 0 Å². The van der Waals surface area contributed by atoms with Gasteiger partial charge in [-0.2, -0.15) is 0 Å². The third-order valence-electron chi connectivity index (χ3n) is 4.03. The second-order valence-corrected chi connectivity index (χ2v) is 5.69. The molecule has 4 heteroatoms. The Kier molecular flexibility index (Phi) is 6.43. The van der Waals surface area contributed by atoms with Crippen LogP contribution < -0.4 is 5.32 Å². The van der Waals surface area contributed by atoms with Crippen LogP contribution in [0.2, 0.25) is 0 Å². The van der Waals surface area contributed by atoms with Crippen molar-refractivity contribution in [1.82, 2.24) is 15.2 Å². The normalized spacial score (nSPS) is 20.4. The molecule has 4 nitrogen and oxygen atoms in total. The van der Waals surface area contributed by atoms with E-state index in [-0.39, 0.29) is 0 Å². The van der Waals surface area contributed by atoms with Crippen molar-refractivity contribution >= 4 is 0 Å². The molecular weight excluding hydrogens is 250 g/mol. The van der Waals surface area contributed by atoms with Crippen LogP contribution in [0.3, 0.4) is 0 Å². The SMILES string of the molecule is CC(CNCC1CCCO1)N(C)CCc1ccccn1. The molecule has 112 valence electrons. The van der Waals surface area contributed by atoms with Gasteiger partial charge in [0.05, 0.1) is 6.10 Å². The van der Waals surface area contributed by atoms with Gasteiger partial charge in [-0.15, -0.1) is 0 Å². The summed E-state index contributed by atoms with van der Waals surface area (Å²) in [5, 5.41) is 3.52. The lowest BCUT2D eigenvalue weighted by Gasteiger charge is -2.25. The summed E-state index contributed by atoms with van der Waals surface area (Å²) < 4.78 is 5.62. The van der Waals surface area contributed by atoms with Gasteiger partial charge in [0.2, 0.25) is 0 Å². The minimum absolute atomic E-state index is 0.432. The van der Waals surface area contributed by atoms with Gasteiger partial charge in [0.15, 0.2) is 0 Å². The largest absolute Gasteiger partial charge is 0.377 e. The van der Waals surface area contributed by atoms with Crippen LogP contribution in [0.1, 0.15) is 25.5 Å².